The molecular weight excluding hydrogens is 264 g/mol. The van der Waals surface area contributed by atoms with Gasteiger partial charge in [0.1, 0.15) is 6.04 Å². The second kappa shape index (κ2) is 4.84. The fourth-order valence-electron chi connectivity index (χ4n) is 2.29. The van der Waals surface area contributed by atoms with E-state index in [0.29, 0.717) is 11.4 Å². The Morgan fingerprint density at radius 3 is 2.40 bits per heavy atom. The van der Waals surface area contributed by atoms with E-state index in [2.05, 4.69) is 0 Å². The predicted octanol–water partition coefficient (Wildman–Crippen LogP) is 0.641. The van der Waals surface area contributed by atoms with Crippen molar-refractivity contribution >= 4 is 29.2 Å². The number of fused-ring (bicyclic) bond motifs is 1. The van der Waals surface area contributed by atoms with Crippen molar-refractivity contribution in [3.05, 3.63) is 23.8 Å². The van der Waals surface area contributed by atoms with Crippen LogP contribution in [0.1, 0.15) is 16.8 Å². The molecule has 1 amide bonds. The van der Waals surface area contributed by atoms with E-state index in [0.717, 1.165) is 0 Å². The maximum absolute atomic E-state index is 12.2. The van der Waals surface area contributed by atoms with E-state index >= 15 is 0 Å². The van der Waals surface area contributed by atoms with Crippen LogP contribution < -0.4 is 9.80 Å². The zero-order valence-electron chi connectivity index (χ0n) is 11.0. The second-order valence-electron chi connectivity index (χ2n) is 4.63. The fraction of sp³-hybridized carbons (Fsp3) is 0.308. The Balaban J connectivity index is 2.50. The highest BCUT2D eigenvalue weighted by Gasteiger charge is 2.36. The van der Waals surface area contributed by atoms with Gasteiger partial charge >= 0.3 is 11.9 Å². The van der Waals surface area contributed by atoms with Crippen LogP contribution in [0.15, 0.2) is 18.2 Å². The Hall–Kier alpha value is -2.57. The number of likely N-dealkylation sites (N-methyl/N-ethyl adjacent to an activating group) is 2. The van der Waals surface area contributed by atoms with Crippen molar-refractivity contribution in [1.29, 1.82) is 0 Å². The predicted molar refractivity (Wildman–Crippen MR) is 71.3 cm³/mol. The van der Waals surface area contributed by atoms with Crippen molar-refractivity contribution in [2.45, 2.75) is 12.5 Å². The quantitative estimate of drug-likeness (QED) is 0.842. The first kappa shape index (κ1) is 13.9. The lowest BCUT2D eigenvalue weighted by Crippen LogP contribution is -2.51. The molecule has 2 rings (SSSR count). The molecule has 0 fully saturated rings. The maximum atomic E-state index is 12.2. The number of hydrogen-bond acceptors (Lipinski definition) is 4. The fourth-order valence-corrected chi connectivity index (χ4v) is 2.29. The molecule has 0 spiro atoms. The Kier molecular flexibility index (Phi) is 3.35. The molecule has 0 aliphatic carbocycles. The highest BCUT2D eigenvalue weighted by atomic mass is 16.4. The smallest absolute Gasteiger partial charge is 0.335 e. The number of carboxylic acid groups (broad SMARTS) is 2. The standard InChI is InChI=1S/C13H14N2O5/c1-14-9-5-7(13(19)20)3-4-8(9)15(2)12(18)10(14)6-11(16)17/h3-5,10H,6H2,1-2H3,(H,16,17)(H,19,20). The van der Waals surface area contributed by atoms with E-state index < -0.39 is 18.0 Å². The number of hydrogen-bond donors (Lipinski definition) is 2. The summed E-state index contributed by atoms with van der Waals surface area (Å²) in [6.07, 6.45) is -0.337. The number of anilines is 2. The summed E-state index contributed by atoms with van der Waals surface area (Å²) in [5.41, 5.74) is 1.18. The largest absolute Gasteiger partial charge is 0.481 e. The molecule has 0 bridgehead atoms. The van der Waals surface area contributed by atoms with E-state index in [1.54, 1.807) is 20.2 Å². The number of rotatable bonds is 3. The molecule has 1 heterocycles. The number of benzene rings is 1. The van der Waals surface area contributed by atoms with E-state index in [4.69, 9.17) is 10.2 Å². The first-order valence-corrected chi connectivity index (χ1v) is 5.92. The van der Waals surface area contributed by atoms with E-state index in [-0.39, 0.29) is 17.9 Å². The van der Waals surface area contributed by atoms with Crippen molar-refractivity contribution in [2.24, 2.45) is 0 Å². The van der Waals surface area contributed by atoms with E-state index in [1.165, 1.54) is 21.9 Å². The van der Waals surface area contributed by atoms with Crippen LogP contribution in [0.5, 0.6) is 0 Å². The highest BCUT2D eigenvalue weighted by Crippen LogP contribution is 2.35. The number of amides is 1. The Labute approximate surface area is 115 Å². The van der Waals surface area contributed by atoms with Gasteiger partial charge in [-0.3, -0.25) is 9.59 Å². The van der Waals surface area contributed by atoms with Crippen molar-refractivity contribution in [2.75, 3.05) is 23.9 Å². The third-order valence-corrected chi connectivity index (χ3v) is 3.41. The summed E-state index contributed by atoms with van der Waals surface area (Å²) < 4.78 is 0. The maximum Gasteiger partial charge on any atom is 0.335 e. The number of nitrogens with zero attached hydrogens (tertiary/aromatic N) is 2. The molecule has 1 atom stereocenters. The van der Waals surface area contributed by atoms with Crippen LogP contribution in [-0.2, 0) is 9.59 Å². The Morgan fingerprint density at radius 1 is 1.20 bits per heavy atom. The highest BCUT2D eigenvalue weighted by molar-refractivity contribution is 6.07. The summed E-state index contributed by atoms with van der Waals surface area (Å²) >= 11 is 0. The molecule has 0 saturated heterocycles. The number of aromatic carboxylic acids is 1. The molecule has 0 saturated carbocycles. The molecule has 7 heteroatoms. The van der Waals surface area contributed by atoms with Gasteiger partial charge in [0.15, 0.2) is 0 Å². The van der Waals surface area contributed by atoms with E-state index in [1.807, 2.05) is 0 Å². The molecule has 1 aliphatic heterocycles. The molecule has 0 aromatic heterocycles. The lowest BCUT2D eigenvalue weighted by atomic mass is 10.0. The third-order valence-electron chi connectivity index (χ3n) is 3.41. The second-order valence-corrected chi connectivity index (χ2v) is 4.63. The molecule has 1 aromatic carbocycles. The summed E-state index contributed by atoms with van der Waals surface area (Å²) in [7, 11) is 3.13. The van der Waals surface area contributed by atoms with Gasteiger partial charge in [-0.25, -0.2) is 4.79 Å². The van der Waals surface area contributed by atoms with Gasteiger partial charge in [0.05, 0.1) is 23.4 Å². The molecule has 20 heavy (non-hydrogen) atoms. The first-order valence-electron chi connectivity index (χ1n) is 5.92. The van der Waals surface area contributed by atoms with Crippen molar-refractivity contribution in [3.63, 3.8) is 0 Å². The molecule has 1 unspecified atom stereocenters. The molecule has 7 nitrogen and oxygen atoms in total. The van der Waals surface area contributed by atoms with Gasteiger partial charge in [0.2, 0.25) is 5.91 Å². The zero-order chi connectivity index (χ0) is 15.0. The van der Waals surface area contributed by atoms with Crippen molar-refractivity contribution < 1.29 is 24.6 Å². The topological polar surface area (TPSA) is 98.2 Å². The molecule has 2 N–H and O–H groups in total. The van der Waals surface area contributed by atoms with Gasteiger partial charge in [-0.05, 0) is 18.2 Å². The Morgan fingerprint density at radius 2 is 1.85 bits per heavy atom. The summed E-state index contributed by atoms with van der Waals surface area (Å²) in [6.45, 7) is 0. The summed E-state index contributed by atoms with van der Waals surface area (Å²) in [4.78, 5) is 36.9. The van der Waals surface area contributed by atoms with Crippen LogP contribution in [-0.4, -0.2) is 48.2 Å². The van der Waals surface area contributed by atoms with E-state index in [9.17, 15) is 14.4 Å². The summed E-state index contributed by atoms with van der Waals surface area (Å²) in [5.74, 6) is -2.48. The molecule has 106 valence electrons. The molecule has 1 aromatic rings. The van der Waals surface area contributed by atoms with Gasteiger partial charge in [0.25, 0.3) is 0 Å². The van der Waals surface area contributed by atoms with Crippen LogP contribution in [0, 0.1) is 0 Å². The minimum atomic E-state index is -1.08. The van der Waals surface area contributed by atoms with Gasteiger partial charge in [-0.2, -0.15) is 0 Å². The zero-order valence-corrected chi connectivity index (χ0v) is 11.0. The lowest BCUT2D eigenvalue weighted by molar-refractivity contribution is -0.139. The van der Waals surface area contributed by atoms with Crippen LogP contribution in [0.25, 0.3) is 0 Å². The molecule has 1 aliphatic rings. The van der Waals surface area contributed by atoms with Crippen molar-refractivity contribution in [1.82, 2.24) is 0 Å². The number of carbonyl (C=O) groups is 3. The molecular formula is C13H14N2O5. The average molecular weight is 278 g/mol. The van der Waals surface area contributed by atoms with Crippen molar-refractivity contribution in [3.8, 4) is 0 Å². The van der Waals surface area contributed by atoms with Gasteiger partial charge in [-0.15, -0.1) is 0 Å². The van der Waals surface area contributed by atoms with Gasteiger partial charge < -0.3 is 20.0 Å². The normalized spacial score (nSPS) is 17.9. The SMILES string of the molecule is CN1C(=O)C(CC(=O)O)N(C)c2cc(C(=O)O)ccc21. The van der Waals surface area contributed by atoms with Gasteiger partial charge in [0, 0.05) is 14.1 Å². The minimum Gasteiger partial charge on any atom is -0.481 e. The lowest BCUT2D eigenvalue weighted by Gasteiger charge is -2.39. The van der Waals surface area contributed by atoms with Crippen LogP contribution in [0.4, 0.5) is 11.4 Å². The first-order chi connectivity index (χ1) is 9.32. The van der Waals surface area contributed by atoms with Gasteiger partial charge in [-0.1, -0.05) is 0 Å². The summed E-state index contributed by atoms with van der Waals surface area (Å²) in [5, 5.41) is 17.9. The third kappa shape index (κ3) is 2.18. The minimum absolute atomic E-state index is 0.0902. The average Bonchev–Trinajstić information content (AvgIpc) is 2.40. The van der Waals surface area contributed by atoms with Crippen LogP contribution >= 0.6 is 0 Å². The number of carbonyl (C=O) groups excluding carboxylic acids is 1. The van der Waals surface area contributed by atoms with Crippen LogP contribution in [0.3, 0.4) is 0 Å². The number of aliphatic carboxylic acids is 1. The monoisotopic (exact) mass is 278 g/mol. The summed E-state index contributed by atoms with van der Waals surface area (Å²) in [6, 6.07) is 3.56. The number of carboxylic acids is 2. The Bertz CT molecular complexity index is 598. The van der Waals surface area contributed by atoms with Crippen LogP contribution in [0.2, 0.25) is 0 Å². The molecule has 0 radical (unpaired) electrons.